The zero-order valence-corrected chi connectivity index (χ0v) is 14.2. The predicted molar refractivity (Wildman–Crippen MR) is 91.8 cm³/mol. The molecule has 1 amide bonds. The van der Waals surface area contributed by atoms with E-state index in [4.69, 9.17) is 4.74 Å². The Kier molecular flexibility index (Phi) is 6.97. The topological polar surface area (TPSA) is 72.5 Å². The minimum absolute atomic E-state index is 0.166. The summed E-state index contributed by atoms with van der Waals surface area (Å²) in [4.78, 5) is 34.7. The highest BCUT2D eigenvalue weighted by molar-refractivity contribution is 5.98. The lowest BCUT2D eigenvalue weighted by Crippen LogP contribution is -2.16. The molecule has 1 aromatic carbocycles. The minimum atomic E-state index is -0.302. The van der Waals surface area contributed by atoms with Gasteiger partial charge in [0.1, 0.15) is 0 Å². The number of carbonyl (C=O) groups is 3. The number of carbonyl (C=O) groups excluding carboxylic acids is 3. The first-order chi connectivity index (χ1) is 11.5. The lowest BCUT2D eigenvalue weighted by Gasteiger charge is -2.20. The van der Waals surface area contributed by atoms with Crippen LogP contribution in [0.5, 0.6) is 0 Å². The summed E-state index contributed by atoms with van der Waals surface area (Å²) in [6, 6.07) is 6.53. The maximum absolute atomic E-state index is 12.0. The van der Waals surface area contributed by atoms with E-state index in [0.29, 0.717) is 23.6 Å². The highest BCUT2D eigenvalue weighted by Gasteiger charge is 2.16. The highest BCUT2D eigenvalue weighted by Crippen LogP contribution is 2.27. The molecule has 0 atom stereocenters. The van der Waals surface area contributed by atoms with Gasteiger partial charge in [-0.25, -0.2) is 0 Å². The van der Waals surface area contributed by atoms with Crippen LogP contribution in [0.25, 0.3) is 0 Å². The van der Waals surface area contributed by atoms with Gasteiger partial charge < -0.3 is 10.1 Å². The Bertz CT molecular complexity index is 574. The fourth-order valence-corrected chi connectivity index (χ4v) is 3.04. The van der Waals surface area contributed by atoms with E-state index in [1.54, 1.807) is 24.3 Å². The van der Waals surface area contributed by atoms with Crippen molar-refractivity contribution in [3.63, 3.8) is 0 Å². The molecule has 0 heterocycles. The Balaban J connectivity index is 1.71. The van der Waals surface area contributed by atoms with Gasteiger partial charge in [-0.1, -0.05) is 32.1 Å². The van der Waals surface area contributed by atoms with Gasteiger partial charge >= 0.3 is 5.97 Å². The number of esters is 1. The van der Waals surface area contributed by atoms with Gasteiger partial charge in [0.25, 0.3) is 0 Å². The summed E-state index contributed by atoms with van der Waals surface area (Å²) in [6.45, 7) is 1.19. The summed E-state index contributed by atoms with van der Waals surface area (Å²) in [5.41, 5.74) is 1.09. The van der Waals surface area contributed by atoms with E-state index in [9.17, 15) is 14.4 Å². The van der Waals surface area contributed by atoms with Crippen LogP contribution in [0.1, 0.15) is 62.2 Å². The average molecular weight is 331 g/mol. The lowest BCUT2D eigenvalue weighted by atomic mass is 9.86. The molecule has 2 rings (SSSR count). The van der Waals surface area contributed by atoms with Crippen LogP contribution < -0.4 is 5.32 Å². The zero-order valence-electron chi connectivity index (χ0n) is 14.2. The molecule has 1 N–H and O–H groups in total. The third-order valence-electron chi connectivity index (χ3n) is 4.37. The molecule has 0 radical (unpaired) electrons. The van der Waals surface area contributed by atoms with Gasteiger partial charge in [0, 0.05) is 24.6 Å². The summed E-state index contributed by atoms with van der Waals surface area (Å²) in [7, 11) is 0. The van der Waals surface area contributed by atoms with Gasteiger partial charge in [-0.05, 0) is 36.6 Å². The molecule has 1 aliphatic carbocycles. The zero-order chi connectivity index (χ0) is 17.4. The number of anilines is 1. The fourth-order valence-electron chi connectivity index (χ4n) is 3.04. The molecular formula is C19H25NO4. The van der Waals surface area contributed by atoms with Crippen molar-refractivity contribution in [3.8, 4) is 0 Å². The first-order valence-corrected chi connectivity index (χ1v) is 8.61. The standard InChI is InChI=1S/C19H25NO4/c1-14(21)20-17-10-8-16(9-11-17)18(22)13-24-19(23)12-7-15-5-3-2-4-6-15/h8-11,15H,2-7,12-13H2,1H3,(H,20,21). The van der Waals surface area contributed by atoms with Crippen molar-refractivity contribution in [1.29, 1.82) is 0 Å². The van der Waals surface area contributed by atoms with Gasteiger partial charge in [-0.2, -0.15) is 0 Å². The second kappa shape index (κ2) is 9.21. The van der Waals surface area contributed by atoms with E-state index in [0.717, 1.165) is 6.42 Å². The Morgan fingerprint density at radius 2 is 1.75 bits per heavy atom. The normalized spacial score (nSPS) is 14.9. The van der Waals surface area contributed by atoms with Crippen molar-refractivity contribution in [2.45, 2.75) is 51.9 Å². The summed E-state index contributed by atoms with van der Waals surface area (Å²) in [5, 5.41) is 2.63. The van der Waals surface area contributed by atoms with Crippen molar-refractivity contribution in [2.24, 2.45) is 5.92 Å². The van der Waals surface area contributed by atoms with Crippen LogP contribution in [0.2, 0.25) is 0 Å². The van der Waals surface area contributed by atoms with E-state index < -0.39 is 0 Å². The van der Waals surface area contributed by atoms with Crippen LogP contribution in [0.15, 0.2) is 24.3 Å². The van der Waals surface area contributed by atoms with Crippen LogP contribution in [-0.2, 0) is 14.3 Å². The largest absolute Gasteiger partial charge is 0.457 e. The Morgan fingerprint density at radius 1 is 1.08 bits per heavy atom. The molecule has 0 aliphatic heterocycles. The van der Waals surface area contributed by atoms with Crippen LogP contribution in [0.4, 0.5) is 5.69 Å². The monoisotopic (exact) mass is 331 g/mol. The van der Waals surface area contributed by atoms with Crippen molar-refractivity contribution in [2.75, 3.05) is 11.9 Å². The predicted octanol–water partition coefficient (Wildman–Crippen LogP) is 3.73. The second-order valence-corrected chi connectivity index (χ2v) is 6.39. The maximum Gasteiger partial charge on any atom is 0.306 e. The van der Waals surface area contributed by atoms with E-state index in [2.05, 4.69) is 5.32 Å². The summed E-state index contributed by atoms with van der Waals surface area (Å²) in [5.74, 6) is -0.0801. The molecule has 1 aliphatic rings. The number of hydrogen-bond donors (Lipinski definition) is 1. The van der Waals surface area contributed by atoms with Gasteiger partial charge in [-0.15, -0.1) is 0 Å². The maximum atomic E-state index is 12.0. The third kappa shape index (κ3) is 6.14. The molecule has 130 valence electrons. The Labute approximate surface area is 142 Å². The number of ether oxygens (including phenoxy) is 1. The van der Waals surface area contributed by atoms with Crippen molar-refractivity contribution < 1.29 is 19.1 Å². The SMILES string of the molecule is CC(=O)Nc1ccc(C(=O)COC(=O)CCC2CCCCC2)cc1. The Hall–Kier alpha value is -2.17. The van der Waals surface area contributed by atoms with Gasteiger partial charge in [0.15, 0.2) is 12.4 Å². The minimum Gasteiger partial charge on any atom is -0.457 e. The first-order valence-electron chi connectivity index (χ1n) is 8.61. The van der Waals surface area contributed by atoms with Gasteiger partial charge in [0.2, 0.25) is 5.91 Å². The van der Waals surface area contributed by atoms with E-state index in [-0.39, 0.29) is 24.3 Å². The van der Waals surface area contributed by atoms with Crippen LogP contribution in [0.3, 0.4) is 0 Å². The summed E-state index contributed by atoms with van der Waals surface area (Å²) >= 11 is 0. The third-order valence-corrected chi connectivity index (χ3v) is 4.37. The molecule has 0 aromatic heterocycles. The molecular weight excluding hydrogens is 306 g/mol. The first kappa shape index (κ1) is 18.2. The number of benzene rings is 1. The number of hydrogen-bond acceptors (Lipinski definition) is 4. The quantitative estimate of drug-likeness (QED) is 0.610. The summed E-state index contributed by atoms with van der Waals surface area (Å²) in [6.07, 6.45) is 7.47. The molecule has 1 aromatic rings. The van der Waals surface area contributed by atoms with Crippen LogP contribution >= 0.6 is 0 Å². The lowest BCUT2D eigenvalue weighted by molar-refractivity contribution is -0.142. The molecule has 0 saturated heterocycles. The smallest absolute Gasteiger partial charge is 0.306 e. The van der Waals surface area contributed by atoms with Crippen molar-refractivity contribution in [1.82, 2.24) is 0 Å². The molecule has 0 unspecified atom stereocenters. The van der Waals surface area contributed by atoms with E-state index >= 15 is 0 Å². The average Bonchev–Trinajstić information content (AvgIpc) is 2.59. The number of amides is 1. The molecule has 5 nitrogen and oxygen atoms in total. The second-order valence-electron chi connectivity index (χ2n) is 6.39. The van der Waals surface area contributed by atoms with Crippen LogP contribution in [0, 0.1) is 5.92 Å². The molecule has 0 spiro atoms. The highest BCUT2D eigenvalue weighted by atomic mass is 16.5. The number of nitrogens with one attached hydrogen (secondary N) is 1. The molecule has 5 heteroatoms. The van der Waals surface area contributed by atoms with E-state index in [1.165, 1.54) is 39.0 Å². The van der Waals surface area contributed by atoms with Crippen LogP contribution in [-0.4, -0.2) is 24.3 Å². The fraction of sp³-hybridized carbons (Fsp3) is 0.526. The summed E-state index contributed by atoms with van der Waals surface area (Å²) < 4.78 is 5.09. The van der Waals surface area contributed by atoms with Crippen molar-refractivity contribution in [3.05, 3.63) is 29.8 Å². The van der Waals surface area contributed by atoms with Gasteiger partial charge in [0.05, 0.1) is 0 Å². The number of Topliss-reactive ketones (excluding diaryl/α,β-unsaturated/α-hetero) is 1. The molecule has 24 heavy (non-hydrogen) atoms. The molecule has 1 saturated carbocycles. The number of ketones is 1. The molecule has 1 fully saturated rings. The van der Waals surface area contributed by atoms with E-state index in [1.807, 2.05) is 0 Å². The van der Waals surface area contributed by atoms with Gasteiger partial charge in [-0.3, -0.25) is 14.4 Å². The molecule has 0 bridgehead atoms. The Morgan fingerprint density at radius 3 is 2.38 bits per heavy atom. The van der Waals surface area contributed by atoms with Crippen molar-refractivity contribution >= 4 is 23.3 Å². The number of rotatable bonds is 7.